The van der Waals surface area contributed by atoms with Crippen LogP contribution in [0.3, 0.4) is 0 Å². The zero-order chi connectivity index (χ0) is 29.2. The molecule has 3 rings (SSSR count). The minimum Gasteiger partial charge on any atom is -0.490 e. The largest absolute Gasteiger partial charge is 0.490 e. The normalized spacial score (nSPS) is 19.5. The molecule has 0 aromatic heterocycles. The Kier molecular flexibility index (Phi) is 15.4. The van der Waals surface area contributed by atoms with Gasteiger partial charge in [0.25, 0.3) is 0 Å². The molecule has 1 aliphatic carbocycles. The number of aliphatic hydroxyl groups is 1. The minimum atomic E-state index is -0.127. The second-order valence-electron chi connectivity index (χ2n) is 12.7. The molecule has 2 aromatic carbocycles. The number of benzene rings is 2. The van der Waals surface area contributed by atoms with Gasteiger partial charge in [-0.1, -0.05) is 121 Å². The van der Waals surface area contributed by atoms with Crippen LogP contribution in [-0.2, 0) is 0 Å². The van der Waals surface area contributed by atoms with E-state index < -0.39 is 0 Å². The van der Waals surface area contributed by atoms with Gasteiger partial charge in [-0.2, -0.15) is 5.26 Å². The van der Waals surface area contributed by atoms with Gasteiger partial charge in [-0.05, 0) is 86.1 Å². The maximum Gasteiger partial charge on any atom is 0.119 e. The monoisotopic (exact) mass is 559 g/mol. The van der Waals surface area contributed by atoms with Crippen LogP contribution in [0.2, 0.25) is 0 Å². The van der Waals surface area contributed by atoms with E-state index in [2.05, 4.69) is 68.4 Å². The fourth-order valence-corrected chi connectivity index (χ4v) is 6.74. The molecule has 3 atom stereocenters. The van der Waals surface area contributed by atoms with Crippen molar-refractivity contribution in [2.24, 2.45) is 5.41 Å². The maximum absolute atomic E-state index is 10.2. The first kappa shape index (κ1) is 33.2. The standard InChI is InChI=1S/C38H57NO2/c1-3-5-6-7-10-13-27-38(31-39)28-15-17-35(30-38)34-21-19-32(20-22-34)33-23-25-37(26-24-33)41-36(16-4-2)18-12-9-8-11-14-29-40/h19-26,35-36,40H,3-18,27-30H2,1-2H3. The van der Waals surface area contributed by atoms with E-state index >= 15 is 0 Å². The quantitative estimate of drug-likeness (QED) is 0.164. The van der Waals surface area contributed by atoms with Crippen LogP contribution in [-0.4, -0.2) is 17.8 Å². The summed E-state index contributed by atoms with van der Waals surface area (Å²) in [6.07, 6.45) is 22.6. The molecule has 1 aliphatic rings. The van der Waals surface area contributed by atoms with E-state index in [1.165, 1.54) is 87.3 Å². The lowest BCUT2D eigenvalue weighted by molar-refractivity contribution is 0.175. The van der Waals surface area contributed by atoms with E-state index in [1.807, 2.05) is 0 Å². The fraction of sp³-hybridized carbons (Fsp3) is 0.658. The molecule has 1 saturated carbocycles. The van der Waals surface area contributed by atoms with Gasteiger partial charge in [-0.3, -0.25) is 0 Å². The van der Waals surface area contributed by atoms with Crippen LogP contribution < -0.4 is 4.74 Å². The first-order valence-corrected chi connectivity index (χ1v) is 17.0. The summed E-state index contributed by atoms with van der Waals surface area (Å²) >= 11 is 0. The summed E-state index contributed by atoms with van der Waals surface area (Å²) < 4.78 is 6.39. The van der Waals surface area contributed by atoms with E-state index in [9.17, 15) is 5.26 Å². The van der Waals surface area contributed by atoms with Crippen LogP contribution in [0, 0.1) is 16.7 Å². The van der Waals surface area contributed by atoms with Crippen molar-refractivity contribution in [1.82, 2.24) is 0 Å². The molecule has 3 unspecified atom stereocenters. The lowest BCUT2D eigenvalue weighted by Crippen LogP contribution is -2.26. The van der Waals surface area contributed by atoms with Crippen LogP contribution in [0.1, 0.15) is 147 Å². The molecule has 1 N–H and O–H groups in total. The highest BCUT2D eigenvalue weighted by Crippen LogP contribution is 2.47. The van der Waals surface area contributed by atoms with Crippen molar-refractivity contribution in [3.63, 3.8) is 0 Å². The first-order chi connectivity index (χ1) is 20.1. The van der Waals surface area contributed by atoms with Crippen molar-refractivity contribution < 1.29 is 9.84 Å². The lowest BCUT2D eigenvalue weighted by Gasteiger charge is -2.36. The van der Waals surface area contributed by atoms with E-state index in [0.29, 0.717) is 12.5 Å². The summed E-state index contributed by atoms with van der Waals surface area (Å²) in [7, 11) is 0. The van der Waals surface area contributed by atoms with Gasteiger partial charge in [-0.25, -0.2) is 0 Å². The molecule has 0 radical (unpaired) electrons. The summed E-state index contributed by atoms with van der Waals surface area (Å²) in [5.41, 5.74) is 3.73. The van der Waals surface area contributed by atoms with Crippen molar-refractivity contribution in [3.05, 3.63) is 54.1 Å². The summed E-state index contributed by atoms with van der Waals surface area (Å²) in [6.45, 7) is 4.80. The third kappa shape index (κ3) is 11.5. The zero-order valence-electron chi connectivity index (χ0n) is 26.2. The van der Waals surface area contributed by atoms with Gasteiger partial charge in [0.1, 0.15) is 5.75 Å². The second kappa shape index (κ2) is 19.0. The van der Waals surface area contributed by atoms with Crippen LogP contribution >= 0.6 is 0 Å². The van der Waals surface area contributed by atoms with E-state index in [-0.39, 0.29) is 11.5 Å². The van der Waals surface area contributed by atoms with Crippen LogP contribution in [0.5, 0.6) is 5.75 Å². The molecule has 226 valence electrons. The summed E-state index contributed by atoms with van der Waals surface area (Å²) in [5.74, 6) is 1.46. The second-order valence-corrected chi connectivity index (χ2v) is 12.7. The van der Waals surface area contributed by atoms with Crippen LogP contribution in [0.4, 0.5) is 0 Å². The van der Waals surface area contributed by atoms with Crippen molar-refractivity contribution >= 4 is 0 Å². The predicted molar refractivity (Wildman–Crippen MR) is 173 cm³/mol. The third-order valence-electron chi connectivity index (χ3n) is 9.26. The third-order valence-corrected chi connectivity index (χ3v) is 9.26. The minimum absolute atomic E-state index is 0.127. The van der Waals surface area contributed by atoms with Crippen molar-refractivity contribution in [2.75, 3.05) is 6.61 Å². The van der Waals surface area contributed by atoms with Gasteiger partial charge in [0.2, 0.25) is 0 Å². The van der Waals surface area contributed by atoms with Gasteiger partial charge < -0.3 is 9.84 Å². The molecule has 0 spiro atoms. The highest BCUT2D eigenvalue weighted by molar-refractivity contribution is 5.64. The molecule has 41 heavy (non-hydrogen) atoms. The van der Waals surface area contributed by atoms with Crippen molar-refractivity contribution in [1.29, 1.82) is 5.26 Å². The Labute approximate surface area is 251 Å². The van der Waals surface area contributed by atoms with Gasteiger partial charge >= 0.3 is 0 Å². The van der Waals surface area contributed by atoms with E-state index in [0.717, 1.165) is 57.1 Å². The molecule has 0 bridgehead atoms. The Morgan fingerprint density at radius 2 is 1.44 bits per heavy atom. The highest BCUT2D eigenvalue weighted by atomic mass is 16.5. The summed E-state index contributed by atoms with van der Waals surface area (Å²) in [5, 5.41) is 19.1. The molecule has 0 saturated heterocycles. The molecule has 2 aromatic rings. The maximum atomic E-state index is 10.2. The molecular weight excluding hydrogens is 502 g/mol. The number of rotatable bonds is 20. The molecular formula is C38H57NO2. The highest BCUT2D eigenvalue weighted by Gasteiger charge is 2.36. The Balaban J connectivity index is 1.52. The van der Waals surface area contributed by atoms with Gasteiger partial charge in [0, 0.05) is 6.61 Å². The molecule has 0 aliphatic heterocycles. The Morgan fingerprint density at radius 1 is 0.805 bits per heavy atom. The smallest absolute Gasteiger partial charge is 0.119 e. The number of hydrogen-bond acceptors (Lipinski definition) is 3. The molecule has 3 heteroatoms. The van der Waals surface area contributed by atoms with Gasteiger partial charge in [-0.15, -0.1) is 0 Å². The number of nitrogens with zero attached hydrogens (tertiary/aromatic N) is 1. The number of nitriles is 1. The SMILES string of the molecule is CCCCCCCCC1(C#N)CCCC(c2ccc(-c3ccc(OC(CCC)CCCCCCCO)cc3)cc2)C1. The Morgan fingerprint density at radius 3 is 2.10 bits per heavy atom. The van der Waals surface area contributed by atoms with Crippen LogP contribution in [0.25, 0.3) is 11.1 Å². The van der Waals surface area contributed by atoms with Crippen molar-refractivity contribution in [2.45, 2.75) is 148 Å². The predicted octanol–water partition coefficient (Wildman–Crippen LogP) is 11.2. The number of unbranched alkanes of at least 4 members (excludes halogenated alkanes) is 9. The average Bonchev–Trinajstić information content (AvgIpc) is 3.01. The Bertz CT molecular complexity index is 992. The van der Waals surface area contributed by atoms with Crippen LogP contribution in [0.15, 0.2) is 48.5 Å². The first-order valence-electron chi connectivity index (χ1n) is 17.0. The fourth-order valence-electron chi connectivity index (χ4n) is 6.74. The van der Waals surface area contributed by atoms with E-state index in [4.69, 9.17) is 9.84 Å². The van der Waals surface area contributed by atoms with Crippen molar-refractivity contribution in [3.8, 4) is 22.9 Å². The summed E-state index contributed by atoms with van der Waals surface area (Å²) in [6, 6.07) is 20.5. The molecule has 0 heterocycles. The zero-order valence-corrected chi connectivity index (χ0v) is 26.2. The number of aliphatic hydroxyl groups excluding tert-OH is 1. The van der Waals surface area contributed by atoms with E-state index in [1.54, 1.807) is 0 Å². The molecule has 3 nitrogen and oxygen atoms in total. The molecule has 1 fully saturated rings. The average molecular weight is 560 g/mol. The van der Waals surface area contributed by atoms with Gasteiger partial charge in [0.05, 0.1) is 17.6 Å². The number of ether oxygens (including phenoxy) is 1. The lowest BCUT2D eigenvalue weighted by atomic mass is 9.66. The Hall–Kier alpha value is -2.31. The van der Waals surface area contributed by atoms with Gasteiger partial charge in [0.15, 0.2) is 0 Å². The topological polar surface area (TPSA) is 53.2 Å². The molecule has 0 amide bonds. The number of hydrogen-bond donors (Lipinski definition) is 1. The summed E-state index contributed by atoms with van der Waals surface area (Å²) in [4.78, 5) is 0.